The van der Waals surface area contributed by atoms with Crippen LogP contribution in [0.15, 0.2) is 18.2 Å². The zero-order valence-electron chi connectivity index (χ0n) is 10.1. The Morgan fingerprint density at radius 2 is 2.06 bits per heavy atom. The van der Waals surface area contributed by atoms with Crippen molar-refractivity contribution in [3.05, 3.63) is 18.2 Å². The Kier molecular flexibility index (Phi) is 4.50. The third kappa shape index (κ3) is 3.26. The van der Waals surface area contributed by atoms with E-state index in [9.17, 15) is 0 Å². The molecule has 1 aliphatic carbocycles. The molecule has 0 radical (unpaired) electrons. The molecular weight excluding hydrogens is 232 g/mol. The lowest BCUT2D eigenvalue weighted by molar-refractivity contribution is 0.474. The molecule has 2 unspecified atom stereocenters. The number of nitrogens with one attached hydrogen (secondary N) is 2. The number of nitrogens with zero attached hydrogens (tertiary/aromatic N) is 1. The van der Waals surface area contributed by atoms with Crippen LogP contribution in [0.5, 0.6) is 0 Å². The van der Waals surface area contributed by atoms with E-state index < -0.39 is 0 Å². The van der Waals surface area contributed by atoms with Gasteiger partial charge in [-0.1, -0.05) is 18.9 Å². The van der Waals surface area contributed by atoms with Gasteiger partial charge in [0.05, 0.1) is 0 Å². The van der Waals surface area contributed by atoms with E-state index in [1.165, 1.54) is 25.7 Å². The second-order valence-corrected chi connectivity index (χ2v) is 5.44. The number of anilines is 2. The Labute approximate surface area is 107 Å². The first-order valence-electron chi connectivity index (χ1n) is 6.06. The third-order valence-electron chi connectivity index (χ3n) is 3.24. The van der Waals surface area contributed by atoms with Crippen LogP contribution in [0, 0.1) is 0 Å². The maximum atomic E-state index is 5.36. The molecule has 5 heteroatoms. The van der Waals surface area contributed by atoms with Gasteiger partial charge in [0.25, 0.3) is 0 Å². The summed E-state index contributed by atoms with van der Waals surface area (Å²) in [5.41, 5.74) is 2.57. The van der Waals surface area contributed by atoms with Crippen LogP contribution < -0.4 is 16.6 Å². The van der Waals surface area contributed by atoms with Crippen molar-refractivity contribution in [2.24, 2.45) is 5.84 Å². The molecule has 1 aromatic rings. The normalized spacial score (nSPS) is 24.4. The largest absolute Gasteiger partial charge is 0.366 e. The molecule has 0 aliphatic heterocycles. The fraction of sp³-hybridized carbons (Fsp3) is 0.583. The van der Waals surface area contributed by atoms with Gasteiger partial charge in [-0.05, 0) is 31.2 Å². The number of nitrogen functional groups attached to an aromatic ring is 1. The number of hydrogen-bond donors (Lipinski definition) is 3. The molecule has 1 heterocycles. The Morgan fingerprint density at radius 3 is 2.82 bits per heavy atom. The summed E-state index contributed by atoms with van der Waals surface area (Å²) in [7, 11) is 0. The molecule has 2 rings (SSSR count). The maximum absolute atomic E-state index is 5.36. The molecule has 0 saturated heterocycles. The smallest absolute Gasteiger partial charge is 0.142 e. The first kappa shape index (κ1) is 12.5. The predicted octanol–water partition coefficient (Wildman–Crippen LogP) is 2.45. The summed E-state index contributed by atoms with van der Waals surface area (Å²) in [6.07, 6.45) is 7.38. The molecular formula is C12H20N4S. The summed E-state index contributed by atoms with van der Waals surface area (Å²) in [6, 6.07) is 6.34. The minimum Gasteiger partial charge on any atom is -0.366 e. The molecule has 1 saturated carbocycles. The highest BCUT2D eigenvalue weighted by Gasteiger charge is 2.24. The lowest BCUT2D eigenvalue weighted by Gasteiger charge is -2.31. The Balaban J connectivity index is 2.02. The lowest BCUT2D eigenvalue weighted by atomic mass is 9.95. The van der Waals surface area contributed by atoms with Crippen LogP contribution in [0.3, 0.4) is 0 Å². The minimum atomic E-state index is 0.527. The molecule has 4 nitrogen and oxygen atoms in total. The van der Waals surface area contributed by atoms with Crippen molar-refractivity contribution in [2.45, 2.75) is 37.0 Å². The summed E-state index contributed by atoms with van der Waals surface area (Å²) >= 11 is 1.95. The van der Waals surface area contributed by atoms with Crippen molar-refractivity contribution in [1.82, 2.24) is 4.98 Å². The highest BCUT2D eigenvalue weighted by atomic mass is 32.2. The van der Waals surface area contributed by atoms with Crippen LogP contribution >= 0.6 is 11.8 Å². The molecule has 0 amide bonds. The van der Waals surface area contributed by atoms with Crippen molar-refractivity contribution in [3.8, 4) is 0 Å². The number of thioether (sulfide) groups is 1. The van der Waals surface area contributed by atoms with Gasteiger partial charge < -0.3 is 10.7 Å². The third-order valence-corrected chi connectivity index (χ3v) is 4.41. The van der Waals surface area contributed by atoms with E-state index in [4.69, 9.17) is 5.84 Å². The van der Waals surface area contributed by atoms with E-state index in [-0.39, 0.29) is 0 Å². The van der Waals surface area contributed by atoms with Gasteiger partial charge in [-0.15, -0.1) is 0 Å². The van der Waals surface area contributed by atoms with Crippen molar-refractivity contribution < 1.29 is 0 Å². The average molecular weight is 252 g/mol. The van der Waals surface area contributed by atoms with E-state index >= 15 is 0 Å². The number of nitrogens with two attached hydrogens (primary N) is 1. The predicted molar refractivity (Wildman–Crippen MR) is 75.2 cm³/mol. The fourth-order valence-electron chi connectivity index (χ4n) is 2.33. The van der Waals surface area contributed by atoms with Gasteiger partial charge in [0.1, 0.15) is 11.6 Å². The van der Waals surface area contributed by atoms with E-state index in [0.29, 0.717) is 17.1 Å². The van der Waals surface area contributed by atoms with Gasteiger partial charge in [0.2, 0.25) is 0 Å². The summed E-state index contributed by atoms with van der Waals surface area (Å²) < 4.78 is 0. The van der Waals surface area contributed by atoms with Crippen LogP contribution in [-0.4, -0.2) is 22.5 Å². The van der Waals surface area contributed by atoms with Crippen LogP contribution in [0.1, 0.15) is 25.7 Å². The molecule has 0 bridgehead atoms. The van der Waals surface area contributed by atoms with Crippen LogP contribution in [0.4, 0.5) is 11.6 Å². The summed E-state index contributed by atoms with van der Waals surface area (Å²) in [5.74, 6) is 6.97. The van der Waals surface area contributed by atoms with Gasteiger partial charge in [-0.2, -0.15) is 11.8 Å². The summed E-state index contributed by atoms with van der Waals surface area (Å²) in [5, 5.41) is 4.22. The Bertz CT molecular complexity index is 358. The van der Waals surface area contributed by atoms with Gasteiger partial charge >= 0.3 is 0 Å². The Morgan fingerprint density at radius 1 is 1.29 bits per heavy atom. The maximum Gasteiger partial charge on any atom is 0.142 e. The molecule has 0 spiro atoms. The molecule has 4 N–H and O–H groups in total. The summed E-state index contributed by atoms with van der Waals surface area (Å²) in [4.78, 5) is 4.40. The first-order valence-corrected chi connectivity index (χ1v) is 7.35. The molecule has 1 fully saturated rings. The van der Waals surface area contributed by atoms with Crippen LogP contribution in [-0.2, 0) is 0 Å². The summed E-state index contributed by atoms with van der Waals surface area (Å²) in [6.45, 7) is 0. The van der Waals surface area contributed by atoms with Crippen molar-refractivity contribution in [2.75, 3.05) is 17.0 Å². The van der Waals surface area contributed by atoms with E-state index in [1.54, 1.807) is 0 Å². The van der Waals surface area contributed by atoms with Crippen molar-refractivity contribution in [3.63, 3.8) is 0 Å². The van der Waals surface area contributed by atoms with E-state index in [2.05, 4.69) is 22.0 Å². The highest BCUT2D eigenvalue weighted by molar-refractivity contribution is 7.99. The van der Waals surface area contributed by atoms with Gasteiger partial charge in [-0.3, -0.25) is 0 Å². The topological polar surface area (TPSA) is 63.0 Å². The lowest BCUT2D eigenvalue weighted by Crippen LogP contribution is -2.34. The molecule has 1 aromatic heterocycles. The van der Waals surface area contributed by atoms with Crippen molar-refractivity contribution in [1.29, 1.82) is 0 Å². The molecule has 0 aromatic carbocycles. The van der Waals surface area contributed by atoms with Gasteiger partial charge in [0, 0.05) is 11.3 Å². The molecule has 2 atom stereocenters. The zero-order valence-corrected chi connectivity index (χ0v) is 11.0. The molecule has 1 aliphatic rings. The van der Waals surface area contributed by atoms with Crippen molar-refractivity contribution >= 4 is 23.4 Å². The second-order valence-electron chi connectivity index (χ2n) is 4.36. The molecule has 17 heavy (non-hydrogen) atoms. The molecule has 94 valence electrons. The number of rotatable bonds is 4. The number of aromatic nitrogens is 1. The monoisotopic (exact) mass is 252 g/mol. The number of hydrogen-bond acceptors (Lipinski definition) is 5. The number of pyridine rings is 1. The Hall–Kier alpha value is -0.940. The second kappa shape index (κ2) is 6.12. The quantitative estimate of drug-likeness (QED) is 0.567. The standard InChI is InChI=1S/C12H20N4S/c1-17-10-6-3-2-5-9(10)14-11-7-4-8-12(15-11)16-13/h4,7-10H,2-3,5-6,13H2,1H3,(H2,14,15,16). The van der Waals surface area contributed by atoms with Gasteiger partial charge in [0.15, 0.2) is 0 Å². The fourth-order valence-corrected chi connectivity index (χ4v) is 3.26. The highest BCUT2D eigenvalue weighted by Crippen LogP contribution is 2.29. The first-order chi connectivity index (χ1) is 8.33. The average Bonchev–Trinajstić information content (AvgIpc) is 2.39. The van der Waals surface area contributed by atoms with Crippen LogP contribution in [0.25, 0.3) is 0 Å². The van der Waals surface area contributed by atoms with E-state index in [1.807, 2.05) is 30.0 Å². The number of hydrazine groups is 1. The SMILES string of the molecule is CSC1CCCCC1Nc1cccc(NN)n1. The van der Waals surface area contributed by atoms with Gasteiger partial charge in [-0.25, -0.2) is 10.8 Å². The van der Waals surface area contributed by atoms with Crippen LogP contribution in [0.2, 0.25) is 0 Å². The zero-order chi connectivity index (χ0) is 12.1. The minimum absolute atomic E-state index is 0.527. The van der Waals surface area contributed by atoms with E-state index in [0.717, 1.165) is 5.82 Å².